The van der Waals surface area contributed by atoms with Gasteiger partial charge in [0.25, 0.3) is 11.8 Å². The Bertz CT molecular complexity index is 1480. The van der Waals surface area contributed by atoms with Gasteiger partial charge in [0.2, 0.25) is 10.0 Å². The van der Waals surface area contributed by atoms with E-state index < -0.39 is 15.6 Å². The van der Waals surface area contributed by atoms with Crippen LogP contribution in [-0.2, 0) is 21.4 Å². The molecule has 0 unspecified atom stereocenters. The standard InChI is InChI=1S/C27H25ClN4O4S/c28-22-10-5-11-23(17-22)37(35,36)32-14-12-27(13-15-32)26(34)30-24(31-27)20-8-4-9-21(16-20)25(33)29-18-19-6-2-1-3-7-19/h1-11,16-17H,12-15,18H2,(H,29,33)(H,30,31,34). The summed E-state index contributed by atoms with van der Waals surface area (Å²) in [5.74, 6) is -0.111. The van der Waals surface area contributed by atoms with Crippen LogP contribution in [0.25, 0.3) is 0 Å². The summed E-state index contributed by atoms with van der Waals surface area (Å²) in [4.78, 5) is 30.5. The van der Waals surface area contributed by atoms with Crippen molar-refractivity contribution in [3.8, 4) is 0 Å². The molecule has 190 valence electrons. The zero-order chi connectivity index (χ0) is 26.0. The highest BCUT2D eigenvalue weighted by Crippen LogP contribution is 2.33. The molecule has 2 N–H and O–H groups in total. The third-order valence-corrected chi connectivity index (χ3v) is 8.79. The van der Waals surface area contributed by atoms with Crippen molar-refractivity contribution >= 4 is 39.3 Å². The number of aliphatic imine (C=N–C) groups is 1. The molecule has 8 nitrogen and oxygen atoms in total. The molecule has 2 aliphatic heterocycles. The van der Waals surface area contributed by atoms with E-state index in [9.17, 15) is 18.0 Å². The van der Waals surface area contributed by atoms with E-state index in [4.69, 9.17) is 16.6 Å². The summed E-state index contributed by atoms with van der Waals surface area (Å²) in [5.41, 5.74) is 1.02. The van der Waals surface area contributed by atoms with Gasteiger partial charge in [0, 0.05) is 35.8 Å². The van der Waals surface area contributed by atoms with Gasteiger partial charge < -0.3 is 10.6 Å². The van der Waals surface area contributed by atoms with Crippen molar-refractivity contribution in [1.29, 1.82) is 0 Å². The number of amides is 2. The second-order valence-electron chi connectivity index (χ2n) is 9.06. The molecule has 2 aliphatic rings. The van der Waals surface area contributed by atoms with Gasteiger partial charge in [-0.1, -0.05) is 60.1 Å². The fourth-order valence-electron chi connectivity index (χ4n) is 4.55. The number of halogens is 1. The molecule has 1 spiro atoms. The average molecular weight is 537 g/mol. The minimum atomic E-state index is -3.73. The molecule has 3 aromatic carbocycles. The number of amidine groups is 1. The van der Waals surface area contributed by atoms with Gasteiger partial charge in [0.05, 0.1) is 4.90 Å². The van der Waals surface area contributed by atoms with Crippen molar-refractivity contribution in [1.82, 2.24) is 14.9 Å². The normalized spacial score (nSPS) is 17.3. The fourth-order valence-corrected chi connectivity index (χ4v) is 6.30. The Morgan fingerprint density at radius 1 is 1.00 bits per heavy atom. The summed E-state index contributed by atoms with van der Waals surface area (Å²) >= 11 is 5.98. The van der Waals surface area contributed by atoms with E-state index in [1.165, 1.54) is 16.4 Å². The zero-order valence-corrected chi connectivity index (χ0v) is 21.4. The molecule has 0 aromatic heterocycles. The first-order valence-corrected chi connectivity index (χ1v) is 13.7. The minimum absolute atomic E-state index is 0.123. The van der Waals surface area contributed by atoms with Gasteiger partial charge in [-0.2, -0.15) is 4.31 Å². The van der Waals surface area contributed by atoms with Crippen LogP contribution in [0, 0.1) is 0 Å². The highest BCUT2D eigenvalue weighted by Gasteiger charge is 2.47. The minimum Gasteiger partial charge on any atom is -0.348 e. The maximum absolute atomic E-state index is 13.0. The summed E-state index contributed by atoms with van der Waals surface area (Å²) in [5, 5.41) is 6.08. The molecule has 1 saturated heterocycles. The van der Waals surface area contributed by atoms with Crippen LogP contribution in [0.2, 0.25) is 5.02 Å². The van der Waals surface area contributed by atoms with E-state index in [-0.39, 0.29) is 42.6 Å². The largest absolute Gasteiger partial charge is 0.348 e. The molecular formula is C27H25ClN4O4S. The summed E-state index contributed by atoms with van der Waals surface area (Å²) in [6.07, 6.45) is 0.499. The van der Waals surface area contributed by atoms with Gasteiger partial charge in [-0.25, -0.2) is 8.42 Å². The van der Waals surface area contributed by atoms with E-state index in [0.717, 1.165) is 5.56 Å². The first kappa shape index (κ1) is 25.1. The smallest absolute Gasteiger partial charge is 0.253 e. The van der Waals surface area contributed by atoms with Gasteiger partial charge in [-0.3, -0.25) is 14.6 Å². The maximum atomic E-state index is 13.0. The second-order valence-corrected chi connectivity index (χ2v) is 11.4. The number of benzene rings is 3. The molecule has 0 atom stereocenters. The number of nitrogens with one attached hydrogen (secondary N) is 2. The van der Waals surface area contributed by atoms with Gasteiger partial charge in [-0.05, 0) is 48.7 Å². The first-order valence-electron chi connectivity index (χ1n) is 11.9. The van der Waals surface area contributed by atoms with E-state index in [2.05, 4.69) is 10.6 Å². The topological polar surface area (TPSA) is 108 Å². The van der Waals surface area contributed by atoms with Gasteiger partial charge in [0.1, 0.15) is 11.4 Å². The Morgan fingerprint density at radius 3 is 2.46 bits per heavy atom. The molecule has 37 heavy (non-hydrogen) atoms. The molecule has 1 fully saturated rings. The van der Waals surface area contributed by atoms with Crippen molar-refractivity contribution < 1.29 is 18.0 Å². The van der Waals surface area contributed by atoms with Crippen molar-refractivity contribution in [2.45, 2.75) is 29.8 Å². The highest BCUT2D eigenvalue weighted by molar-refractivity contribution is 7.89. The Labute approximate surface area is 220 Å². The Kier molecular flexibility index (Phi) is 6.85. The van der Waals surface area contributed by atoms with Gasteiger partial charge >= 0.3 is 0 Å². The summed E-state index contributed by atoms with van der Waals surface area (Å²) in [7, 11) is -3.73. The van der Waals surface area contributed by atoms with Crippen LogP contribution in [0.4, 0.5) is 0 Å². The van der Waals surface area contributed by atoms with Crippen molar-refractivity contribution in [3.05, 3.63) is 101 Å². The summed E-state index contributed by atoms with van der Waals surface area (Å²) in [6, 6.07) is 22.7. The fraction of sp³-hybridized carbons (Fsp3) is 0.222. The average Bonchev–Trinajstić information content (AvgIpc) is 3.23. The first-order chi connectivity index (χ1) is 17.8. The van der Waals surface area contributed by atoms with Gasteiger partial charge in [0.15, 0.2) is 0 Å². The van der Waals surface area contributed by atoms with Gasteiger partial charge in [-0.15, -0.1) is 0 Å². The number of carbonyl (C=O) groups excluding carboxylic acids is 2. The third-order valence-electron chi connectivity index (χ3n) is 6.66. The Morgan fingerprint density at radius 2 is 1.73 bits per heavy atom. The number of rotatable bonds is 6. The second kappa shape index (κ2) is 10.1. The van der Waals surface area contributed by atoms with E-state index in [0.29, 0.717) is 28.5 Å². The van der Waals surface area contributed by atoms with E-state index in [1.54, 1.807) is 36.4 Å². The van der Waals surface area contributed by atoms with Crippen LogP contribution in [-0.4, -0.2) is 49.0 Å². The summed E-state index contributed by atoms with van der Waals surface area (Å²) in [6.45, 7) is 0.710. The quantitative estimate of drug-likeness (QED) is 0.503. The monoisotopic (exact) mass is 536 g/mol. The molecule has 10 heteroatoms. The lowest BCUT2D eigenvalue weighted by molar-refractivity contribution is -0.124. The number of hydrogen-bond acceptors (Lipinski definition) is 5. The van der Waals surface area contributed by atoms with Crippen LogP contribution < -0.4 is 10.6 Å². The molecule has 0 radical (unpaired) electrons. The number of piperidine rings is 1. The zero-order valence-electron chi connectivity index (χ0n) is 19.9. The molecule has 5 rings (SSSR count). The molecule has 0 saturated carbocycles. The van der Waals surface area contributed by atoms with Crippen LogP contribution in [0.5, 0.6) is 0 Å². The number of carbonyl (C=O) groups is 2. The predicted molar refractivity (Wildman–Crippen MR) is 141 cm³/mol. The van der Waals surface area contributed by atoms with Crippen LogP contribution in [0.3, 0.4) is 0 Å². The lowest BCUT2D eigenvalue weighted by Gasteiger charge is -2.34. The lowest BCUT2D eigenvalue weighted by Crippen LogP contribution is -2.50. The molecule has 0 bridgehead atoms. The number of nitrogens with zero attached hydrogens (tertiary/aromatic N) is 2. The molecule has 3 aromatic rings. The predicted octanol–water partition coefficient (Wildman–Crippen LogP) is 3.37. The number of sulfonamides is 1. The lowest BCUT2D eigenvalue weighted by atomic mass is 9.89. The Hall–Kier alpha value is -3.53. The summed E-state index contributed by atoms with van der Waals surface area (Å²) < 4.78 is 27.5. The molecular weight excluding hydrogens is 512 g/mol. The SMILES string of the molecule is O=C(NCc1ccccc1)c1cccc(C2=NC3(CCN(S(=O)(=O)c4cccc(Cl)c4)CC3)C(=O)N2)c1. The van der Waals surface area contributed by atoms with Crippen molar-refractivity contribution in [2.75, 3.05) is 13.1 Å². The molecule has 0 aliphatic carbocycles. The van der Waals surface area contributed by atoms with Crippen molar-refractivity contribution in [2.24, 2.45) is 4.99 Å². The van der Waals surface area contributed by atoms with Crippen LogP contribution >= 0.6 is 11.6 Å². The highest BCUT2D eigenvalue weighted by atomic mass is 35.5. The van der Waals surface area contributed by atoms with E-state index in [1.807, 2.05) is 30.3 Å². The van der Waals surface area contributed by atoms with Crippen LogP contribution in [0.15, 0.2) is 88.8 Å². The molecule has 2 heterocycles. The van der Waals surface area contributed by atoms with Crippen LogP contribution in [0.1, 0.15) is 34.3 Å². The van der Waals surface area contributed by atoms with Crippen molar-refractivity contribution in [3.63, 3.8) is 0 Å². The number of hydrogen-bond donors (Lipinski definition) is 2. The third kappa shape index (κ3) is 5.16. The Balaban J connectivity index is 1.29. The van der Waals surface area contributed by atoms with E-state index >= 15 is 0 Å². The maximum Gasteiger partial charge on any atom is 0.253 e. The molecule has 2 amide bonds.